The molecule has 1 rings (SSSR count). The van der Waals surface area contributed by atoms with Gasteiger partial charge in [0.25, 0.3) is 0 Å². The molecule has 1 unspecified atom stereocenters. The highest BCUT2D eigenvalue weighted by atomic mass is 79.9. The molecule has 1 nitrogen and oxygen atoms in total. The van der Waals surface area contributed by atoms with Crippen molar-refractivity contribution in [1.82, 2.24) is 0 Å². The van der Waals surface area contributed by atoms with Crippen LogP contribution in [0.4, 0.5) is 0 Å². The summed E-state index contributed by atoms with van der Waals surface area (Å²) < 4.78 is 0. The maximum Gasteiger partial charge on any atom is 0.147 e. The number of rotatable bonds is 3. The van der Waals surface area contributed by atoms with Crippen LogP contribution in [0.3, 0.4) is 0 Å². The average Bonchev–Trinajstić information content (AvgIpc) is 2.16. The first-order chi connectivity index (χ1) is 6.56. The van der Waals surface area contributed by atoms with Gasteiger partial charge in [0.2, 0.25) is 0 Å². The fraction of sp³-hybridized carbons (Fsp3) is 0.364. The first kappa shape index (κ1) is 11.8. The summed E-state index contributed by atoms with van der Waals surface area (Å²) in [5.41, 5.74) is 2.18. The van der Waals surface area contributed by atoms with E-state index in [1.807, 2.05) is 18.2 Å². The summed E-state index contributed by atoms with van der Waals surface area (Å²) >= 11 is 7.73. The Kier molecular flexibility index (Phi) is 4.20. The first-order valence-corrected chi connectivity index (χ1v) is 5.88. The molecule has 76 valence electrons. The van der Waals surface area contributed by atoms with Gasteiger partial charge in [0.1, 0.15) is 5.78 Å². The highest BCUT2D eigenvalue weighted by Crippen LogP contribution is 2.27. The van der Waals surface area contributed by atoms with Crippen molar-refractivity contribution < 1.29 is 4.79 Å². The zero-order valence-electron chi connectivity index (χ0n) is 8.25. The van der Waals surface area contributed by atoms with Crippen LogP contribution >= 0.6 is 28.6 Å². The maximum absolute atomic E-state index is 11.1. The minimum Gasteiger partial charge on any atom is -0.298 e. The van der Waals surface area contributed by atoms with Gasteiger partial charge < -0.3 is 0 Å². The summed E-state index contributed by atoms with van der Waals surface area (Å²) in [6.45, 7) is 3.66. The minimum atomic E-state index is -0.209. The number of hydrogen-bond acceptors (Lipinski definition) is 2. The number of carbonyl (C=O) groups is 1. The lowest BCUT2D eigenvalue weighted by molar-refractivity contribution is -0.116. The summed E-state index contributed by atoms with van der Waals surface area (Å²) in [5.74, 6) is 0.113. The van der Waals surface area contributed by atoms with Crippen molar-refractivity contribution in [3.63, 3.8) is 0 Å². The number of alkyl halides is 1. The van der Waals surface area contributed by atoms with Crippen molar-refractivity contribution in [1.29, 1.82) is 0 Å². The van der Waals surface area contributed by atoms with Gasteiger partial charge in [-0.05, 0) is 30.5 Å². The molecule has 0 aromatic heterocycles. The number of ketones is 1. The van der Waals surface area contributed by atoms with Gasteiger partial charge in [-0.15, -0.1) is 12.6 Å². The van der Waals surface area contributed by atoms with Crippen molar-refractivity contribution in [3.8, 4) is 0 Å². The van der Waals surface area contributed by atoms with Gasteiger partial charge in [-0.3, -0.25) is 4.79 Å². The fourth-order valence-electron chi connectivity index (χ4n) is 1.27. The molecular weight excluding hydrogens is 260 g/mol. The third-order valence-corrected chi connectivity index (χ3v) is 3.73. The zero-order valence-corrected chi connectivity index (χ0v) is 10.7. The van der Waals surface area contributed by atoms with Gasteiger partial charge in [-0.1, -0.05) is 35.0 Å². The molecule has 1 aromatic carbocycles. The van der Waals surface area contributed by atoms with Crippen LogP contribution in [0.25, 0.3) is 0 Å². The minimum absolute atomic E-state index is 0.113. The molecule has 0 saturated heterocycles. The Hall–Kier alpha value is -0.280. The van der Waals surface area contributed by atoms with E-state index in [0.717, 1.165) is 16.9 Å². The maximum atomic E-state index is 11.1. The van der Waals surface area contributed by atoms with E-state index in [9.17, 15) is 4.79 Å². The van der Waals surface area contributed by atoms with Crippen molar-refractivity contribution in [3.05, 3.63) is 29.3 Å². The number of aryl methyl sites for hydroxylation is 1. The lowest BCUT2D eigenvalue weighted by Crippen LogP contribution is -2.01. The highest BCUT2D eigenvalue weighted by Gasteiger charge is 2.12. The Labute approximate surface area is 98.4 Å². The van der Waals surface area contributed by atoms with Crippen LogP contribution in [0.1, 0.15) is 29.8 Å². The quantitative estimate of drug-likeness (QED) is 0.658. The van der Waals surface area contributed by atoms with Crippen LogP contribution in [-0.4, -0.2) is 5.78 Å². The third kappa shape index (κ3) is 2.61. The Morgan fingerprint density at radius 1 is 1.57 bits per heavy atom. The van der Waals surface area contributed by atoms with E-state index in [0.29, 0.717) is 0 Å². The van der Waals surface area contributed by atoms with Crippen molar-refractivity contribution >= 4 is 34.3 Å². The number of benzene rings is 1. The normalized spacial score (nSPS) is 12.6. The van der Waals surface area contributed by atoms with Crippen molar-refractivity contribution in [2.45, 2.75) is 30.0 Å². The lowest BCUT2D eigenvalue weighted by Gasteiger charge is -2.09. The highest BCUT2D eigenvalue weighted by molar-refractivity contribution is 9.09. The smallest absolute Gasteiger partial charge is 0.147 e. The van der Waals surface area contributed by atoms with Crippen LogP contribution in [0.2, 0.25) is 0 Å². The second-order valence-corrected chi connectivity index (χ2v) is 4.61. The van der Waals surface area contributed by atoms with Crippen LogP contribution in [0.15, 0.2) is 23.1 Å². The molecule has 0 radical (unpaired) electrons. The molecule has 0 bridgehead atoms. The summed E-state index contributed by atoms with van der Waals surface area (Å²) in [6, 6.07) is 5.94. The second kappa shape index (κ2) is 4.99. The monoisotopic (exact) mass is 272 g/mol. The Balaban J connectivity index is 3.02. The molecule has 3 heteroatoms. The lowest BCUT2D eigenvalue weighted by atomic mass is 10.1. The summed E-state index contributed by atoms with van der Waals surface area (Å²) in [6.07, 6.45) is 0.964. The predicted octanol–water partition coefficient (Wildman–Crippen LogP) is 3.56. The summed E-state index contributed by atoms with van der Waals surface area (Å²) in [7, 11) is 0. The molecule has 0 aliphatic carbocycles. The van der Waals surface area contributed by atoms with Gasteiger partial charge in [0.15, 0.2) is 0 Å². The standard InChI is InChI=1S/C11H13BrOS/c1-3-8-4-5-9(6-10(8)14)11(12)7(2)13/h4-6,11,14H,3H2,1-2H3. The van der Waals surface area contributed by atoms with E-state index in [4.69, 9.17) is 0 Å². The van der Waals surface area contributed by atoms with E-state index < -0.39 is 0 Å². The van der Waals surface area contributed by atoms with Gasteiger partial charge in [0, 0.05) is 4.90 Å². The molecule has 0 spiro atoms. The molecule has 1 atom stereocenters. The molecular formula is C11H13BrOS. The van der Waals surface area contributed by atoms with Crippen LogP contribution < -0.4 is 0 Å². The first-order valence-electron chi connectivity index (χ1n) is 4.52. The topological polar surface area (TPSA) is 17.1 Å². The molecule has 1 aromatic rings. The van der Waals surface area contributed by atoms with Gasteiger partial charge in [0.05, 0.1) is 4.83 Å². The SMILES string of the molecule is CCc1ccc(C(Br)C(C)=O)cc1S. The molecule has 0 aliphatic rings. The Morgan fingerprint density at radius 3 is 2.64 bits per heavy atom. The summed E-state index contributed by atoms with van der Waals surface area (Å²) in [4.78, 5) is 11.9. The Bertz CT molecular complexity index is 349. The molecule has 0 heterocycles. The van der Waals surface area contributed by atoms with E-state index in [1.54, 1.807) is 6.92 Å². The molecule has 0 N–H and O–H groups in total. The van der Waals surface area contributed by atoms with E-state index in [1.165, 1.54) is 5.56 Å². The van der Waals surface area contributed by atoms with Crippen molar-refractivity contribution in [2.24, 2.45) is 0 Å². The number of halogens is 1. The second-order valence-electron chi connectivity index (χ2n) is 3.21. The number of hydrogen-bond donors (Lipinski definition) is 1. The van der Waals surface area contributed by atoms with Gasteiger partial charge in [-0.2, -0.15) is 0 Å². The summed E-state index contributed by atoms with van der Waals surface area (Å²) in [5, 5.41) is 0. The van der Waals surface area contributed by atoms with Gasteiger partial charge >= 0.3 is 0 Å². The van der Waals surface area contributed by atoms with E-state index >= 15 is 0 Å². The third-order valence-electron chi connectivity index (χ3n) is 2.14. The van der Waals surface area contributed by atoms with Crippen LogP contribution in [0.5, 0.6) is 0 Å². The predicted molar refractivity (Wildman–Crippen MR) is 65.4 cm³/mol. The molecule has 14 heavy (non-hydrogen) atoms. The largest absolute Gasteiger partial charge is 0.298 e. The van der Waals surface area contributed by atoms with Gasteiger partial charge in [-0.25, -0.2) is 0 Å². The number of Topliss-reactive ketones (excluding diaryl/α,β-unsaturated/α-hetero) is 1. The van der Waals surface area contributed by atoms with Crippen LogP contribution in [-0.2, 0) is 11.2 Å². The van der Waals surface area contributed by atoms with Crippen molar-refractivity contribution in [2.75, 3.05) is 0 Å². The van der Waals surface area contributed by atoms with Crippen LogP contribution in [0, 0.1) is 0 Å². The molecule has 0 aliphatic heterocycles. The average molecular weight is 273 g/mol. The zero-order chi connectivity index (χ0) is 10.7. The number of thiol groups is 1. The van der Waals surface area contributed by atoms with E-state index in [-0.39, 0.29) is 10.6 Å². The Morgan fingerprint density at radius 2 is 2.21 bits per heavy atom. The molecule has 0 fully saturated rings. The molecule has 0 saturated carbocycles. The molecule has 0 amide bonds. The number of carbonyl (C=O) groups excluding carboxylic acids is 1. The van der Waals surface area contributed by atoms with E-state index in [2.05, 4.69) is 35.5 Å². The fourth-order valence-corrected chi connectivity index (χ4v) is 1.94.